The molecular weight excluding hydrogens is 290 g/mol. The lowest BCUT2D eigenvalue weighted by atomic mass is 10.1. The van der Waals surface area contributed by atoms with Gasteiger partial charge in [-0.2, -0.15) is 0 Å². The van der Waals surface area contributed by atoms with Crippen molar-refractivity contribution in [3.05, 3.63) is 58.6 Å². The highest BCUT2D eigenvalue weighted by Crippen LogP contribution is 2.23. The van der Waals surface area contributed by atoms with Gasteiger partial charge >= 0.3 is 0 Å². The molecule has 2 aromatic carbocycles. The predicted octanol–water partition coefficient (Wildman–Crippen LogP) is 3.02. The molecule has 0 saturated carbocycles. The standard InChI is InChI=1S/C16H16ClNO3/c1-21-15-7-6-13(8-12(15)10-19)18-16(20)9-11-4-2-3-5-14(11)17/h2-8,19H,9-10H2,1H3,(H,18,20). The van der Waals surface area contributed by atoms with Crippen molar-refractivity contribution in [3.8, 4) is 5.75 Å². The van der Waals surface area contributed by atoms with Gasteiger partial charge in [0.2, 0.25) is 5.91 Å². The Morgan fingerprint density at radius 3 is 2.67 bits per heavy atom. The number of nitrogens with one attached hydrogen (secondary N) is 1. The van der Waals surface area contributed by atoms with E-state index in [1.54, 1.807) is 24.3 Å². The van der Waals surface area contributed by atoms with E-state index in [9.17, 15) is 9.90 Å². The number of rotatable bonds is 5. The molecular formula is C16H16ClNO3. The number of amides is 1. The van der Waals surface area contributed by atoms with E-state index in [0.29, 0.717) is 22.0 Å². The molecule has 0 spiro atoms. The minimum absolute atomic E-state index is 0.155. The maximum absolute atomic E-state index is 12.0. The normalized spacial score (nSPS) is 10.2. The molecule has 2 N–H and O–H groups in total. The minimum atomic E-state index is -0.169. The van der Waals surface area contributed by atoms with Gasteiger partial charge in [-0.25, -0.2) is 0 Å². The van der Waals surface area contributed by atoms with Crippen LogP contribution in [0.25, 0.3) is 0 Å². The summed E-state index contributed by atoms with van der Waals surface area (Å²) in [4.78, 5) is 12.0. The van der Waals surface area contributed by atoms with Gasteiger partial charge in [0.1, 0.15) is 5.75 Å². The maximum Gasteiger partial charge on any atom is 0.228 e. The van der Waals surface area contributed by atoms with Crippen molar-refractivity contribution >= 4 is 23.2 Å². The number of anilines is 1. The maximum atomic E-state index is 12.0. The summed E-state index contributed by atoms with van der Waals surface area (Å²) in [5.74, 6) is 0.416. The fourth-order valence-electron chi connectivity index (χ4n) is 2.00. The Hall–Kier alpha value is -2.04. The molecule has 0 fully saturated rings. The van der Waals surface area contributed by atoms with Crippen LogP contribution in [0.3, 0.4) is 0 Å². The Morgan fingerprint density at radius 1 is 1.24 bits per heavy atom. The second kappa shape index (κ2) is 7.11. The summed E-state index contributed by atoms with van der Waals surface area (Å²) in [6, 6.07) is 12.3. The number of halogens is 1. The zero-order chi connectivity index (χ0) is 15.2. The molecule has 0 aromatic heterocycles. The third-order valence-corrected chi connectivity index (χ3v) is 3.41. The highest BCUT2D eigenvalue weighted by Gasteiger charge is 2.09. The molecule has 0 saturated heterocycles. The van der Waals surface area contributed by atoms with E-state index in [1.165, 1.54) is 7.11 Å². The van der Waals surface area contributed by atoms with E-state index in [-0.39, 0.29) is 18.9 Å². The molecule has 0 bridgehead atoms. The molecule has 0 atom stereocenters. The van der Waals surface area contributed by atoms with Crippen LogP contribution in [0.1, 0.15) is 11.1 Å². The summed E-state index contributed by atoms with van der Waals surface area (Å²) in [5.41, 5.74) is 2.00. The number of hydrogen-bond acceptors (Lipinski definition) is 3. The van der Waals surface area contributed by atoms with E-state index >= 15 is 0 Å². The summed E-state index contributed by atoms with van der Waals surface area (Å²) in [6.45, 7) is -0.155. The second-order valence-electron chi connectivity index (χ2n) is 4.50. The van der Waals surface area contributed by atoms with Crippen LogP contribution in [0, 0.1) is 0 Å². The Morgan fingerprint density at radius 2 is 2.00 bits per heavy atom. The van der Waals surface area contributed by atoms with Crippen molar-refractivity contribution < 1.29 is 14.6 Å². The van der Waals surface area contributed by atoms with Gasteiger partial charge in [-0.1, -0.05) is 29.8 Å². The first kappa shape index (κ1) is 15.4. The van der Waals surface area contributed by atoms with Crippen LogP contribution >= 0.6 is 11.6 Å². The topological polar surface area (TPSA) is 58.6 Å². The van der Waals surface area contributed by atoms with E-state index in [4.69, 9.17) is 16.3 Å². The van der Waals surface area contributed by atoms with Crippen LogP contribution in [0.5, 0.6) is 5.75 Å². The van der Waals surface area contributed by atoms with Crippen LogP contribution in [-0.4, -0.2) is 18.1 Å². The van der Waals surface area contributed by atoms with Crippen LogP contribution in [-0.2, 0) is 17.8 Å². The number of methoxy groups -OCH3 is 1. The highest BCUT2D eigenvalue weighted by atomic mass is 35.5. The van der Waals surface area contributed by atoms with Crippen LogP contribution in [0.15, 0.2) is 42.5 Å². The number of benzene rings is 2. The van der Waals surface area contributed by atoms with Crippen LogP contribution in [0.4, 0.5) is 5.69 Å². The van der Waals surface area contributed by atoms with Gasteiger partial charge in [-0.3, -0.25) is 4.79 Å². The van der Waals surface area contributed by atoms with Gasteiger partial charge < -0.3 is 15.2 Å². The van der Waals surface area contributed by atoms with Gasteiger partial charge in [0.25, 0.3) is 0 Å². The quantitative estimate of drug-likeness (QED) is 0.892. The van der Waals surface area contributed by atoms with Crippen molar-refractivity contribution in [3.63, 3.8) is 0 Å². The predicted molar refractivity (Wildman–Crippen MR) is 82.7 cm³/mol. The Balaban J connectivity index is 2.08. The lowest BCUT2D eigenvalue weighted by molar-refractivity contribution is -0.115. The van der Waals surface area contributed by atoms with Gasteiger partial charge in [-0.15, -0.1) is 0 Å². The molecule has 2 rings (SSSR count). The molecule has 1 amide bonds. The van der Waals surface area contributed by atoms with E-state index in [0.717, 1.165) is 5.56 Å². The molecule has 0 radical (unpaired) electrons. The summed E-state index contributed by atoms with van der Waals surface area (Å²) in [7, 11) is 1.53. The van der Waals surface area contributed by atoms with Crippen molar-refractivity contribution in [2.45, 2.75) is 13.0 Å². The van der Waals surface area contributed by atoms with E-state index in [1.807, 2.05) is 18.2 Å². The minimum Gasteiger partial charge on any atom is -0.496 e. The van der Waals surface area contributed by atoms with Crippen LogP contribution in [0.2, 0.25) is 5.02 Å². The van der Waals surface area contributed by atoms with Crippen molar-refractivity contribution in [2.24, 2.45) is 0 Å². The number of ether oxygens (including phenoxy) is 1. The van der Waals surface area contributed by atoms with Gasteiger partial charge in [0, 0.05) is 16.3 Å². The third kappa shape index (κ3) is 3.97. The van der Waals surface area contributed by atoms with Crippen molar-refractivity contribution in [1.82, 2.24) is 0 Å². The Bertz CT molecular complexity index is 643. The fourth-order valence-corrected chi connectivity index (χ4v) is 2.20. The van der Waals surface area contributed by atoms with Crippen molar-refractivity contribution in [1.29, 1.82) is 0 Å². The molecule has 21 heavy (non-hydrogen) atoms. The first-order chi connectivity index (χ1) is 10.1. The molecule has 0 heterocycles. The summed E-state index contributed by atoms with van der Waals surface area (Å²) >= 11 is 6.03. The van der Waals surface area contributed by atoms with Crippen LogP contribution < -0.4 is 10.1 Å². The average molecular weight is 306 g/mol. The average Bonchev–Trinajstić information content (AvgIpc) is 2.49. The molecule has 110 valence electrons. The van der Waals surface area contributed by atoms with E-state index in [2.05, 4.69) is 5.32 Å². The van der Waals surface area contributed by atoms with Gasteiger partial charge in [0.15, 0.2) is 0 Å². The summed E-state index contributed by atoms with van der Waals surface area (Å²) in [5, 5.41) is 12.6. The SMILES string of the molecule is COc1ccc(NC(=O)Cc2ccccc2Cl)cc1CO. The zero-order valence-electron chi connectivity index (χ0n) is 11.6. The van der Waals surface area contributed by atoms with E-state index < -0.39 is 0 Å². The Kier molecular flexibility index (Phi) is 5.20. The molecule has 0 aliphatic carbocycles. The first-order valence-corrected chi connectivity index (χ1v) is 6.83. The highest BCUT2D eigenvalue weighted by molar-refractivity contribution is 6.31. The molecule has 2 aromatic rings. The summed E-state index contributed by atoms with van der Waals surface area (Å²) < 4.78 is 5.12. The number of aliphatic hydroxyl groups is 1. The summed E-state index contributed by atoms with van der Waals surface area (Å²) in [6.07, 6.45) is 0.195. The second-order valence-corrected chi connectivity index (χ2v) is 4.91. The van der Waals surface area contributed by atoms with Crippen molar-refractivity contribution in [2.75, 3.05) is 12.4 Å². The number of carbonyl (C=O) groups is 1. The zero-order valence-corrected chi connectivity index (χ0v) is 12.4. The molecule has 0 unspecified atom stereocenters. The molecule has 0 aliphatic heterocycles. The number of aliphatic hydroxyl groups excluding tert-OH is 1. The largest absolute Gasteiger partial charge is 0.496 e. The molecule has 4 nitrogen and oxygen atoms in total. The molecule has 0 aliphatic rings. The first-order valence-electron chi connectivity index (χ1n) is 6.45. The third-order valence-electron chi connectivity index (χ3n) is 3.04. The fraction of sp³-hybridized carbons (Fsp3) is 0.188. The smallest absolute Gasteiger partial charge is 0.228 e. The lowest BCUT2D eigenvalue weighted by Gasteiger charge is -2.10. The number of hydrogen-bond donors (Lipinski definition) is 2. The Labute approximate surface area is 128 Å². The van der Waals surface area contributed by atoms with Gasteiger partial charge in [-0.05, 0) is 29.8 Å². The monoisotopic (exact) mass is 305 g/mol. The van der Waals surface area contributed by atoms with Gasteiger partial charge in [0.05, 0.1) is 20.1 Å². The lowest BCUT2D eigenvalue weighted by Crippen LogP contribution is -2.14. The molecule has 5 heteroatoms. The number of carbonyl (C=O) groups excluding carboxylic acids is 1.